The van der Waals surface area contributed by atoms with Crippen molar-refractivity contribution >= 4 is 5.97 Å². The molecule has 0 saturated heterocycles. The van der Waals surface area contributed by atoms with Crippen LogP contribution in [0.15, 0.2) is 54.6 Å². The van der Waals surface area contributed by atoms with E-state index in [0.717, 1.165) is 31.2 Å². The summed E-state index contributed by atoms with van der Waals surface area (Å²) in [5.41, 5.74) is 1.59. The average molecular weight is 338 g/mol. The lowest BCUT2D eigenvalue weighted by molar-refractivity contribution is -0.449. The molecule has 1 heterocycles. The summed E-state index contributed by atoms with van der Waals surface area (Å²) in [7, 11) is 0. The number of carbonyl (C=O) groups excluding carboxylic acids is 1. The molecular weight excluding hydrogens is 316 g/mol. The predicted octanol–water partition coefficient (Wildman–Crippen LogP) is 4.73. The Bertz CT molecular complexity index is 764. The third kappa shape index (κ3) is 2.86. The highest BCUT2D eigenvalue weighted by Gasteiger charge is 2.50. The van der Waals surface area contributed by atoms with E-state index in [4.69, 9.17) is 14.5 Å². The lowest BCUT2D eigenvalue weighted by Crippen LogP contribution is -2.38. The highest BCUT2D eigenvalue weighted by Crippen LogP contribution is 2.44. The first kappa shape index (κ1) is 16.3. The Balaban J connectivity index is 1.73. The molecule has 4 nitrogen and oxygen atoms in total. The van der Waals surface area contributed by atoms with E-state index in [0.29, 0.717) is 11.1 Å². The van der Waals surface area contributed by atoms with Gasteiger partial charge >= 0.3 is 5.97 Å². The van der Waals surface area contributed by atoms with Crippen LogP contribution in [0.2, 0.25) is 0 Å². The van der Waals surface area contributed by atoms with E-state index in [1.165, 1.54) is 6.42 Å². The predicted molar refractivity (Wildman–Crippen MR) is 92.7 cm³/mol. The van der Waals surface area contributed by atoms with Crippen LogP contribution >= 0.6 is 0 Å². The number of fused-ring (bicyclic) bond motifs is 1. The first-order valence-electron chi connectivity index (χ1n) is 8.88. The van der Waals surface area contributed by atoms with Crippen LogP contribution in [0.4, 0.5) is 0 Å². The van der Waals surface area contributed by atoms with E-state index in [1.54, 1.807) is 6.07 Å². The fourth-order valence-electron chi connectivity index (χ4n) is 3.71. The van der Waals surface area contributed by atoms with Crippen molar-refractivity contribution < 1.29 is 19.3 Å². The van der Waals surface area contributed by atoms with E-state index in [9.17, 15) is 4.79 Å². The van der Waals surface area contributed by atoms with Crippen molar-refractivity contribution in [3.05, 3.63) is 71.3 Å². The molecule has 1 unspecified atom stereocenters. The van der Waals surface area contributed by atoms with Crippen LogP contribution in [0, 0.1) is 0 Å². The van der Waals surface area contributed by atoms with Crippen molar-refractivity contribution in [1.29, 1.82) is 0 Å². The number of carbonyl (C=O) groups is 1. The van der Waals surface area contributed by atoms with Crippen LogP contribution in [-0.2, 0) is 20.3 Å². The van der Waals surface area contributed by atoms with Gasteiger partial charge < -0.3 is 4.74 Å². The minimum atomic E-state index is -1.35. The highest BCUT2D eigenvalue weighted by atomic mass is 17.2. The molecule has 1 atom stereocenters. The zero-order valence-electron chi connectivity index (χ0n) is 14.4. The molecule has 0 radical (unpaired) electrons. The lowest BCUT2D eigenvalue weighted by Gasteiger charge is -2.36. The van der Waals surface area contributed by atoms with Crippen molar-refractivity contribution in [3.63, 3.8) is 0 Å². The fourth-order valence-corrected chi connectivity index (χ4v) is 3.71. The molecule has 4 heteroatoms. The van der Waals surface area contributed by atoms with Crippen LogP contribution in [0.3, 0.4) is 0 Å². The van der Waals surface area contributed by atoms with Gasteiger partial charge in [0, 0.05) is 11.1 Å². The van der Waals surface area contributed by atoms with Gasteiger partial charge in [0.15, 0.2) is 0 Å². The van der Waals surface area contributed by atoms with E-state index in [1.807, 2.05) is 48.5 Å². The molecule has 2 aromatic carbocycles. The normalized spacial score (nSPS) is 24.6. The summed E-state index contributed by atoms with van der Waals surface area (Å²) >= 11 is 0. The van der Waals surface area contributed by atoms with Crippen molar-refractivity contribution in [2.45, 2.75) is 50.4 Å². The first-order chi connectivity index (χ1) is 12.1. The second kappa shape index (κ2) is 6.28. The molecule has 1 fully saturated rings. The third-order valence-corrected chi connectivity index (χ3v) is 5.16. The lowest BCUT2D eigenvalue weighted by atomic mass is 9.87. The molecule has 4 rings (SSSR count). The summed E-state index contributed by atoms with van der Waals surface area (Å²) in [6.45, 7) is 2.06. The largest absolute Gasteiger partial charge is 0.418 e. The molecule has 2 aromatic rings. The number of hydrogen-bond acceptors (Lipinski definition) is 4. The Labute approximate surface area is 147 Å². The van der Waals surface area contributed by atoms with Crippen molar-refractivity contribution in [3.8, 4) is 0 Å². The van der Waals surface area contributed by atoms with E-state index >= 15 is 0 Å². The number of ether oxygens (including phenoxy) is 1. The molecule has 0 N–H and O–H groups in total. The molecule has 2 aliphatic rings. The number of esters is 1. The monoisotopic (exact) mass is 338 g/mol. The van der Waals surface area contributed by atoms with Gasteiger partial charge in [-0.2, -0.15) is 4.89 Å². The molecular formula is C21H22O4. The minimum absolute atomic E-state index is 0.357. The Morgan fingerprint density at radius 1 is 0.880 bits per heavy atom. The molecule has 0 bridgehead atoms. The molecule has 0 aromatic heterocycles. The van der Waals surface area contributed by atoms with Gasteiger partial charge in [-0.05, 0) is 25.8 Å². The summed E-state index contributed by atoms with van der Waals surface area (Å²) in [5, 5.41) is 0. The Hall–Kier alpha value is -2.17. The Morgan fingerprint density at radius 3 is 2.32 bits per heavy atom. The number of rotatable bonds is 4. The van der Waals surface area contributed by atoms with Gasteiger partial charge in [-0.1, -0.05) is 67.8 Å². The van der Waals surface area contributed by atoms with Crippen molar-refractivity contribution in [1.82, 2.24) is 0 Å². The van der Waals surface area contributed by atoms with Crippen molar-refractivity contribution in [2.24, 2.45) is 0 Å². The van der Waals surface area contributed by atoms with Crippen LogP contribution in [0.1, 0.15) is 60.5 Å². The zero-order chi connectivity index (χ0) is 17.3. The molecule has 25 heavy (non-hydrogen) atoms. The summed E-state index contributed by atoms with van der Waals surface area (Å²) in [4.78, 5) is 24.3. The molecule has 1 saturated carbocycles. The van der Waals surface area contributed by atoms with Gasteiger partial charge in [0.05, 0.1) is 5.56 Å². The van der Waals surface area contributed by atoms with Crippen molar-refractivity contribution in [2.75, 3.05) is 0 Å². The van der Waals surface area contributed by atoms with Crippen LogP contribution in [0.25, 0.3) is 0 Å². The average Bonchev–Trinajstić information content (AvgIpc) is 2.95. The van der Waals surface area contributed by atoms with Gasteiger partial charge in [0.25, 0.3) is 5.79 Å². The van der Waals surface area contributed by atoms with Gasteiger partial charge in [0.2, 0.25) is 0 Å². The number of cyclic esters (lactones) is 1. The minimum Gasteiger partial charge on any atom is -0.418 e. The van der Waals surface area contributed by atoms with Crippen LogP contribution in [-0.4, -0.2) is 11.6 Å². The van der Waals surface area contributed by atoms with E-state index < -0.39 is 11.8 Å². The smallest absolute Gasteiger partial charge is 0.341 e. The first-order valence-corrected chi connectivity index (χ1v) is 8.88. The van der Waals surface area contributed by atoms with E-state index in [-0.39, 0.29) is 5.60 Å². The van der Waals surface area contributed by atoms with Gasteiger partial charge in [0.1, 0.15) is 5.60 Å². The zero-order valence-corrected chi connectivity index (χ0v) is 14.4. The Morgan fingerprint density at radius 2 is 1.56 bits per heavy atom. The second-order valence-electron chi connectivity index (χ2n) is 7.09. The van der Waals surface area contributed by atoms with Gasteiger partial charge in [-0.15, -0.1) is 0 Å². The molecule has 130 valence electrons. The van der Waals surface area contributed by atoms with Gasteiger partial charge in [-0.3, -0.25) is 0 Å². The maximum absolute atomic E-state index is 12.4. The quantitative estimate of drug-likeness (QED) is 0.459. The molecule has 1 aliphatic carbocycles. The SMILES string of the molecule is CC1(OOC2(c3ccccc3)OC(=O)c3ccccc32)CCCCC1. The number of benzene rings is 2. The van der Waals surface area contributed by atoms with E-state index in [2.05, 4.69) is 6.92 Å². The topological polar surface area (TPSA) is 44.8 Å². The summed E-state index contributed by atoms with van der Waals surface area (Å²) in [6, 6.07) is 16.8. The molecule has 0 amide bonds. The fraction of sp³-hybridized carbons (Fsp3) is 0.381. The van der Waals surface area contributed by atoms with Gasteiger partial charge in [-0.25, -0.2) is 9.68 Å². The number of hydrogen-bond donors (Lipinski definition) is 0. The maximum Gasteiger partial charge on any atom is 0.341 e. The summed E-state index contributed by atoms with van der Waals surface area (Å²) < 4.78 is 5.76. The molecule has 0 spiro atoms. The van der Waals surface area contributed by atoms with Crippen LogP contribution < -0.4 is 0 Å². The third-order valence-electron chi connectivity index (χ3n) is 5.16. The highest BCUT2D eigenvalue weighted by molar-refractivity contribution is 5.95. The standard InChI is InChI=1S/C21H22O4/c1-20(14-8-3-9-15-20)24-25-21(16-10-4-2-5-11-16)18-13-7-6-12-17(18)19(22)23-21/h2,4-7,10-13H,3,8-9,14-15H2,1H3. The second-order valence-corrected chi connectivity index (χ2v) is 7.09. The summed E-state index contributed by atoms with van der Waals surface area (Å²) in [6.07, 6.45) is 5.34. The Kier molecular flexibility index (Phi) is 4.10. The van der Waals surface area contributed by atoms with Crippen LogP contribution in [0.5, 0.6) is 0 Å². The molecule has 1 aliphatic heterocycles. The summed E-state index contributed by atoms with van der Waals surface area (Å²) in [5.74, 6) is -1.74. The maximum atomic E-state index is 12.4.